The van der Waals surface area contributed by atoms with E-state index in [4.69, 9.17) is 0 Å². The molecule has 0 amide bonds. The monoisotopic (exact) mass is 369 g/mol. The molecule has 1 saturated heterocycles. The second kappa shape index (κ2) is 8.89. The van der Waals surface area contributed by atoms with E-state index >= 15 is 0 Å². The van der Waals surface area contributed by atoms with Crippen LogP contribution in [0.5, 0.6) is 0 Å². The number of rotatable bonds is 6. The SMILES string of the molecule is CC[C@H](c1nnnn1C1CCCCC1)N1CCN(Cc2ccncc2)CC1. The minimum atomic E-state index is 0.324. The number of nitrogens with zero attached hydrogens (tertiary/aromatic N) is 7. The van der Waals surface area contributed by atoms with Crippen LogP contribution >= 0.6 is 0 Å². The first-order valence-electron chi connectivity index (χ1n) is 10.5. The Kier molecular flexibility index (Phi) is 6.09. The topological polar surface area (TPSA) is 63.0 Å². The van der Waals surface area contributed by atoms with Gasteiger partial charge in [0.1, 0.15) is 0 Å². The summed E-state index contributed by atoms with van der Waals surface area (Å²) in [5.74, 6) is 1.08. The summed E-state index contributed by atoms with van der Waals surface area (Å²) in [6, 6.07) is 5.04. The highest BCUT2D eigenvalue weighted by Gasteiger charge is 2.30. The molecule has 2 fully saturated rings. The zero-order valence-corrected chi connectivity index (χ0v) is 16.4. The normalized spacial score (nSPS) is 21.4. The van der Waals surface area contributed by atoms with Crippen LogP contribution in [-0.4, -0.2) is 61.2 Å². The van der Waals surface area contributed by atoms with Crippen LogP contribution in [0.1, 0.15) is 68.9 Å². The summed E-state index contributed by atoms with van der Waals surface area (Å²) in [7, 11) is 0. The van der Waals surface area contributed by atoms with Crippen LogP contribution in [0.25, 0.3) is 0 Å². The van der Waals surface area contributed by atoms with Gasteiger partial charge in [0, 0.05) is 45.1 Å². The fraction of sp³-hybridized carbons (Fsp3) is 0.700. The van der Waals surface area contributed by atoms with Crippen molar-refractivity contribution in [1.29, 1.82) is 0 Å². The standard InChI is InChI=1S/C20H31N7/c1-2-19(20-22-23-24-27(20)18-6-4-3-5-7-18)26-14-12-25(13-15-26)16-17-8-10-21-11-9-17/h8-11,18-19H,2-7,12-16H2,1H3/t19-/m1/s1. The highest BCUT2D eigenvalue weighted by Crippen LogP contribution is 2.31. The van der Waals surface area contributed by atoms with E-state index in [2.05, 4.69) is 54.0 Å². The maximum absolute atomic E-state index is 4.46. The van der Waals surface area contributed by atoms with Gasteiger partial charge >= 0.3 is 0 Å². The van der Waals surface area contributed by atoms with Crippen LogP contribution in [0.3, 0.4) is 0 Å². The summed E-state index contributed by atoms with van der Waals surface area (Å²) in [5.41, 5.74) is 1.34. The summed E-state index contributed by atoms with van der Waals surface area (Å²) in [5, 5.41) is 12.9. The van der Waals surface area contributed by atoms with Gasteiger partial charge in [-0.1, -0.05) is 26.2 Å². The van der Waals surface area contributed by atoms with Crippen molar-refractivity contribution in [2.45, 2.75) is 64.1 Å². The Bertz CT molecular complexity index is 687. The molecular weight excluding hydrogens is 338 g/mol. The van der Waals surface area contributed by atoms with E-state index in [1.165, 1.54) is 37.7 Å². The van der Waals surface area contributed by atoms with Gasteiger partial charge in [-0.15, -0.1) is 5.10 Å². The van der Waals surface area contributed by atoms with Gasteiger partial charge in [0.2, 0.25) is 0 Å². The Morgan fingerprint density at radius 1 is 1.04 bits per heavy atom. The second-order valence-electron chi connectivity index (χ2n) is 7.87. The van der Waals surface area contributed by atoms with Crippen LogP contribution in [0, 0.1) is 0 Å². The average Bonchev–Trinajstić information content (AvgIpc) is 3.21. The predicted molar refractivity (Wildman–Crippen MR) is 104 cm³/mol. The van der Waals surface area contributed by atoms with Gasteiger partial charge < -0.3 is 0 Å². The van der Waals surface area contributed by atoms with Gasteiger partial charge in [0.25, 0.3) is 0 Å². The molecule has 1 aliphatic carbocycles. The maximum atomic E-state index is 4.46. The number of piperazine rings is 1. The van der Waals surface area contributed by atoms with Gasteiger partial charge in [0.15, 0.2) is 5.82 Å². The highest BCUT2D eigenvalue weighted by molar-refractivity contribution is 5.09. The van der Waals surface area contributed by atoms with Crippen molar-refractivity contribution < 1.29 is 0 Å². The Labute approximate surface area is 161 Å². The Morgan fingerprint density at radius 3 is 2.48 bits per heavy atom. The molecule has 0 radical (unpaired) electrons. The zero-order valence-electron chi connectivity index (χ0n) is 16.4. The molecule has 3 heterocycles. The van der Waals surface area contributed by atoms with Crippen molar-refractivity contribution in [3.8, 4) is 0 Å². The van der Waals surface area contributed by atoms with Crippen LogP contribution in [0.2, 0.25) is 0 Å². The number of hydrogen-bond acceptors (Lipinski definition) is 6. The molecule has 146 valence electrons. The number of aromatic nitrogens is 5. The number of pyridine rings is 1. The Morgan fingerprint density at radius 2 is 1.78 bits per heavy atom. The van der Waals surface area contributed by atoms with Crippen LogP contribution < -0.4 is 0 Å². The molecule has 0 spiro atoms. The lowest BCUT2D eigenvalue weighted by atomic mass is 9.95. The molecule has 7 nitrogen and oxygen atoms in total. The zero-order chi connectivity index (χ0) is 18.5. The Hall–Kier alpha value is -1.86. The summed E-state index contributed by atoms with van der Waals surface area (Å²) >= 11 is 0. The lowest BCUT2D eigenvalue weighted by Crippen LogP contribution is -2.47. The lowest BCUT2D eigenvalue weighted by molar-refractivity contribution is 0.0827. The third-order valence-corrected chi connectivity index (χ3v) is 6.13. The van der Waals surface area contributed by atoms with Gasteiger partial charge in [-0.2, -0.15) is 0 Å². The first kappa shape index (κ1) is 18.5. The molecular formula is C20H31N7. The van der Waals surface area contributed by atoms with E-state index < -0.39 is 0 Å². The molecule has 1 atom stereocenters. The second-order valence-corrected chi connectivity index (χ2v) is 7.87. The van der Waals surface area contributed by atoms with Crippen molar-refractivity contribution in [3.05, 3.63) is 35.9 Å². The Balaban J connectivity index is 1.39. The number of tetrazole rings is 1. The maximum Gasteiger partial charge on any atom is 0.168 e. The largest absolute Gasteiger partial charge is 0.297 e. The smallest absolute Gasteiger partial charge is 0.168 e. The molecule has 0 bridgehead atoms. The quantitative estimate of drug-likeness (QED) is 0.780. The molecule has 0 N–H and O–H groups in total. The minimum absolute atomic E-state index is 0.324. The van der Waals surface area contributed by atoms with Gasteiger partial charge in [0.05, 0.1) is 12.1 Å². The molecule has 0 unspecified atom stereocenters. The van der Waals surface area contributed by atoms with Gasteiger partial charge in [-0.3, -0.25) is 14.8 Å². The van der Waals surface area contributed by atoms with Crippen molar-refractivity contribution in [2.75, 3.05) is 26.2 Å². The third-order valence-electron chi connectivity index (χ3n) is 6.13. The molecule has 1 saturated carbocycles. The molecule has 27 heavy (non-hydrogen) atoms. The van der Waals surface area contributed by atoms with Crippen molar-refractivity contribution in [3.63, 3.8) is 0 Å². The van der Waals surface area contributed by atoms with Crippen molar-refractivity contribution in [2.24, 2.45) is 0 Å². The molecule has 0 aromatic carbocycles. The first-order valence-corrected chi connectivity index (χ1v) is 10.5. The first-order chi connectivity index (χ1) is 13.3. The van der Waals surface area contributed by atoms with Crippen LogP contribution in [-0.2, 0) is 6.54 Å². The highest BCUT2D eigenvalue weighted by atomic mass is 15.6. The minimum Gasteiger partial charge on any atom is -0.297 e. The molecule has 2 aromatic heterocycles. The molecule has 7 heteroatoms. The molecule has 4 rings (SSSR count). The summed E-state index contributed by atoms with van der Waals surface area (Å²) in [4.78, 5) is 9.22. The van der Waals surface area contributed by atoms with E-state index in [0.29, 0.717) is 12.1 Å². The molecule has 2 aromatic rings. The van der Waals surface area contributed by atoms with Gasteiger partial charge in [-0.05, 0) is 47.4 Å². The van der Waals surface area contributed by atoms with Crippen LogP contribution in [0.4, 0.5) is 0 Å². The van der Waals surface area contributed by atoms with E-state index in [0.717, 1.165) is 45.0 Å². The van der Waals surface area contributed by atoms with Gasteiger partial charge in [-0.25, -0.2) is 4.68 Å². The van der Waals surface area contributed by atoms with Crippen molar-refractivity contribution in [1.82, 2.24) is 35.0 Å². The van der Waals surface area contributed by atoms with E-state index in [9.17, 15) is 0 Å². The molecule has 2 aliphatic rings. The summed E-state index contributed by atoms with van der Waals surface area (Å²) < 4.78 is 2.15. The number of hydrogen-bond donors (Lipinski definition) is 0. The summed E-state index contributed by atoms with van der Waals surface area (Å²) in [6.45, 7) is 7.58. The lowest BCUT2D eigenvalue weighted by Gasteiger charge is -2.39. The van der Waals surface area contributed by atoms with Crippen molar-refractivity contribution >= 4 is 0 Å². The third kappa shape index (κ3) is 4.35. The fourth-order valence-electron chi connectivity index (χ4n) is 4.59. The van der Waals surface area contributed by atoms with E-state index in [1.807, 2.05) is 12.4 Å². The predicted octanol–water partition coefficient (Wildman–Crippen LogP) is 2.84. The van der Waals surface area contributed by atoms with E-state index in [-0.39, 0.29) is 0 Å². The summed E-state index contributed by atoms with van der Waals surface area (Å²) in [6.07, 6.45) is 11.2. The molecule has 1 aliphatic heterocycles. The average molecular weight is 370 g/mol. The van der Waals surface area contributed by atoms with E-state index in [1.54, 1.807) is 0 Å². The van der Waals surface area contributed by atoms with Crippen LogP contribution in [0.15, 0.2) is 24.5 Å². The fourth-order valence-corrected chi connectivity index (χ4v) is 4.59.